The van der Waals surface area contributed by atoms with Gasteiger partial charge in [-0.05, 0) is 25.0 Å². The molecule has 0 aliphatic rings. The number of nitrogens with two attached hydrogens (primary N) is 1. The maximum atomic E-state index is 5.59. The topological polar surface area (TPSA) is 42.1 Å². The van der Waals surface area contributed by atoms with Crippen molar-refractivity contribution in [2.24, 2.45) is 5.73 Å². The fourth-order valence-corrected chi connectivity index (χ4v) is 1.64. The highest BCUT2D eigenvalue weighted by atomic mass is 15.2. The second-order valence-corrected chi connectivity index (χ2v) is 3.68. The lowest BCUT2D eigenvalue weighted by molar-refractivity contribution is 0.731. The molecule has 0 fully saturated rings. The molecule has 0 atom stereocenters. The van der Waals surface area contributed by atoms with Crippen molar-refractivity contribution in [3.05, 3.63) is 23.9 Å². The van der Waals surface area contributed by atoms with Crippen molar-refractivity contribution in [3.63, 3.8) is 0 Å². The minimum atomic E-state index is 0.514. The number of rotatable bonds is 6. The van der Waals surface area contributed by atoms with Gasteiger partial charge in [0.15, 0.2) is 0 Å². The van der Waals surface area contributed by atoms with Gasteiger partial charge < -0.3 is 10.6 Å². The molecule has 0 saturated carbocycles. The van der Waals surface area contributed by atoms with Gasteiger partial charge in [0.25, 0.3) is 0 Å². The fourth-order valence-electron chi connectivity index (χ4n) is 1.64. The lowest BCUT2D eigenvalue weighted by atomic mass is 10.3. The highest BCUT2D eigenvalue weighted by molar-refractivity contribution is 5.39. The third-order valence-electron chi connectivity index (χ3n) is 2.31. The van der Waals surface area contributed by atoms with Gasteiger partial charge in [-0.2, -0.15) is 0 Å². The Labute approximate surface area is 92.3 Å². The molecule has 1 aromatic heterocycles. The average molecular weight is 207 g/mol. The maximum Gasteiger partial charge on any atom is 0.128 e. The van der Waals surface area contributed by atoms with E-state index in [0.29, 0.717) is 6.54 Å². The lowest BCUT2D eigenvalue weighted by Gasteiger charge is -2.22. The van der Waals surface area contributed by atoms with Gasteiger partial charge in [-0.15, -0.1) is 0 Å². The molecule has 0 aromatic carbocycles. The minimum Gasteiger partial charge on any atom is -0.357 e. The van der Waals surface area contributed by atoms with Crippen molar-refractivity contribution in [1.82, 2.24) is 4.98 Å². The number of hydrogen-bond acceptors (Lipinski definition) is 3. The Morgan fingerprint density at radius 3 is 2.40 bits per heavy atom. The molecule has 1 rings (SSSR count). The Kier molecular flexibility index (Phi) is 5.12. The van der Waals surface area contributed by atoms with E-state index in [1.165, 1.54) is 0 Å². The van der Waals surface area contributed by atoms with E-state index in [2.05, 4.69) is 29.8 Å². The van der Waals surface area contributed by atoms with E-state index >= 15 is 0 Å². The highest BCUT2D eigenvalue weighted by Crippen LogP contribution is 2.12. The first-order valence-corrected chi connectivity index (χ1v) is 5.72. The Balaban J connectivity index is 2.79. The molecular formula is C12H21N3. The smallest absolute Gasteiger partial charge is 0.128 e. The highest BCUT2D eigenvalue weighted by Gasteiger charge is 2.05. The zero-order valence-electron chi connectivity index (χ0n) is 9.74. The molecule has 2 N–H and O–H groups in total. The predicted octanol–water partition coefficient (Wildman–Crippen LogP) is 2.17. The number of nitrogens with zero attached hydrogens (tertiary/aromatic N) is 2. The molecule has 0 bridgehead atoms. The molecule has 1 heterocycles. The standard InChI is InChI=1S/C12H21N3/c1-3-8-15(9-4-2)12-7-5-6-11(10-13)14-12/h5-7H,3-4,8-10,13H2,1-2H3. The van der Waals surface area contributed by atoms with Crippen molar-refractivity contribution in [2.75, 3.05) is 18.0 Å². The summed E-state index contributed by atoms with van der Waals surface area (Å²) in [4.78, 5) is 6.85. The summed E-state index contributed by atoms with van der Waals surface area (Å²) in [6.07, 6.45) is 2.29. The Bertz CT molecular complexity index is 280. The SMILES string of the molecule is CCCN(CCC)c1cccc(CN)n1. The first-order chi connectivity index (χ1) is 7.31. The molecule has 15 heavy (non-hydrogen) atoms. The second kappa shape index (κ2) is 6.40. The zero-order valence-corrected chi connectivity index (χ0v) is 9.74. The molecule has 0 aliphatic heterocycles. The van der Waals surface area contributed by atoms with Gasteiger partial charge in [-0.25, -0.2) is 4.98 Å². The Morgan fingerprint density at radius 1 is 1.20 bits per heavy atom. The van der Waals surface area contributed by atoms with Crippen LogP contribution in [-0.2, 0) is 6.54 Å². The summed E-state index contributed by atoms with van der Waals surface area (Å²) >= 11 is 0. The van der Waals surface area contributed by atoms with E-state index in [1.54, 1.807) is 0 Å². The molecule has 0 amide bonds. The van der Waals surface area contributed by atoms with E-state index in [1.807, 2.05) is 12.1 Å². The molecule has 84 valence electrons. The van der Waals surface area contributed by atoms with Crippen LogP contribution in [0.1, 0.15) is 32.4 Å². The number of pyridine rings is 1. The van der Waals surface area contributed by atoms with Gasteiger partial charge in [0.05, 0.1) is 5.69 Å². The monoisotopic (exact) mass is 207 g/mol. The largest absolute Gasteiger partial charge is 0.357 e. The number of anilines is 1. The van der Waals surface area contributed by atoms with Crippen molar-refractivity contribution in [3.8, 4) is 0 Å². The van der Waals surface area contributed by atoms with E-state index in [4.69, 9.17) is 5.73 Å². The van der Waals surface area contributed by atoms with Crippen LogP contribution in [0.4, 0.5) is 5.82 Å². The molecule has 1 aromatic rings. The van der Waals surface area contributed by atoms with Crippen LogP contribution in [0.5, 0.6) is 0 Å². The number of aromatic nitrogens is 1. The summed E-state index contributed by atoms with van der Waals surface area (Å²) in [6.45, 7) is 7.02. The van der Waals surface area contributed by atoms with Gasteiger partial charge in [-0.3, -0.25) is 0 Å². The van der Waals surface area contributed by atoms with E-state index in [-0.39, 0.29) is 0 Å². The van der Waals surface area contributed by atoms with Crippen LogP contribution in [-0.4, -0.2) is 18.1 Å². The van der Waals surface area contributed by atoms with Gasteiger partial charge in [0.2, 0.25) is 0 Å². The third-order valence-corrected chi connectivity index (χ3v) is 2.31. The van der Waals surface area contributed by atoms with Crippen LogP contribution < -0.4 is 10.6 Å². The van der Waals surface area contributed by atoms with Gasteiger partial charge in [0, 0.05) is 19.6 Å². The van der Waals surface area contributed by atoms with Crippen LogP contribution in [0.15, 0.2) is 18.2 Å². The van der Waals surface area contributed by atoms with Crippen molar-refractivity contribution < 1.29 is 0 Å². The van der Waals surface area contributed by atoms with Crippen LogP contribution >= 0.6 is 0 Å². The molecular weight excluding hydrogens is 186 g/mol. The molecule has 3 nitrogen and oxygen atoms in total. The lowest BCUT2D eigenvalue weighted by Crippen LogP contribution is -2.26. The zero-order chi connectivity index (χ0) is 11.1. The van der Waals surface area contributed by atoms with Gasteiger partial charge >= 0.3 is 0 Å². The van der Waals surface area contributed by atoms with Crippen LogP contribution in [0, 0.1) is 0 Å². The summed E-state index contributed by atoms with van der Waals surface area (Å²) in [5.41, 5.74) is 6.55. The van der Waals surface area contributed by atoms with Crippen LogP contribution in [0.25, 0.3) is 0 Å². The summed E-state index contributed by atoms with van der Waals surface area (Å²) in [7, 11) is 0. The van der Waals surface area contributed by atoms with Crippen molar-refractivity contribution in [1.29, 1.82) is 0 Å². The molecule has 0 unspecified atom stereocenters. The van der Waals surface area contributed by atoms with Gasteiger partial charge in [-0.1, -0.05) is 19.9 Å². The normalized spacial score (nSPS) is 10.3. The maximum absolute atomic E-state index is 5.59. The summed E-state index contributed by atoms with van der Waals surface area (Å²) in [5.74, 6) is 1.06. The number of hydrogen-bond donors (Lipinski definition) is 1. The second-order valence-electron chi connectivity index (χ2n) is 3.68. The summed E-state index contributed by atoms with van der Waals surface area (Å²) in [6, 6.07) is 6.06. The van der Waals surface area contributed by atoms with Crippen molar-refractivity contribution in [2.45, 2.75) is 33.2 Å². The molecule has 0 spiro atoms. The summed E-state index contributed by atoms with van der Waals surface area (Å²) in [5, 5.41) is 0. The molecule has 3 heteroatoms. The van der Waals surface area contributed by atoms with Crippen LogP contribution in [0.3, 0.4) is 0 Å². The van der Waals surface area contributed by atoms with Crippen molar-refractivity contribution >= 4 is 5.82 Å². The molecule has 0 aliphatic carbocycles. The molecule has 0 saturated heterocycles. The van der Waals surface area contributed by atoms with E-state index in [0.717, 1.165) is 37.4 Å². The van der Waals surface area contributed by atoms with Gasteiger partial charge in [0.1, 0.15) is 5.82 Å². The van der Waals surface area contributed by atoms with E-state index in [9.17, 15) is 0 Å². The Morgan fingerprint density at radius 2 is 1.87 bits per heavy atom. The average Bonchev–Trinajstić information content (AvgIpc) is 2.29. The first-order valence-electron chi connectivity index (χ1n) is 5.72. The Hall–Kier alpha value is -1.09. The third kappa shape index (κ3) is 3.51. The van der Waals surface area contributed by atoms with Crippen LogP contribution in [0.2, 0.25) is 0 Å². The minimum absolute atomic E-state index is 0.514. The summed E-state index contributed by atoms with van der Waals surface area (Å²) < 4.78 is 0. The fraction of sp³-hybridized carbons (Fsp3) is 0.583. The quantitative estimate of drug-likeness (QED) is 0.777. The molecule has 0 radical (unpaired) electrons. The van der Waals surface area contributed by atoms with E-state index < -0.39 is 0 Å². The first kappa shape index (κ1) is 12.0. The predicted molar refractivity (Wildman–Crippen MR) is 64.9 cm³/mol.